The maximum atomic E-state index is 12.2. The zero-order valence-electron chi connectivity index (χ0n) is 13.8. The molecule has 2 heterocycles. The van der Waals surface area contributed by atoms with E-state index in [0.29, 0.717) is 30.5 Å². The van der Waals surface area contributed by atoms with Crippen LogP contribution in [0.3, 0.4) is 0 Å². The lowest BCUT2D eigenvalue weighted by molar-refractivity contribution is -0.121. The minimum atomic E-state index is 0.0997. The first-order chi connectivity index (χ1) is 11.6. The van der Waals surface area contributed by atoms with Crippen molar-refractivity contribution in [1.29, 1.82) is 0 Å². The van der Waals surface area contributed by atoms with Crippen LogP contribution >= 0.6 is 11.6 Å². The first-order valence-electron chi connectivity index (χ1n) is 8.64. The summed E-state index contributed by atoms with van der Waals surface area (Å²) in [5, 5.41) is 12.9. The van der Waals surface area contributed by atoms with Gasteiger partial charge >= 0.3 is 0 Å². The fourth-order valence-corrected chi connectivity index (χ4v) is 3.70. The number of morpholine rings is 1. The van der Waals surface area contributed by atoms with E-state index in [1.807, 2.05) is 24.3 Å². The molecule has 1 aromatic rings. The molecule has 3 atom stereocenters. The molecule has 1 amide bonds. The van der Waals surface area contributed by atoms with Crippen molar-refractivity contribution < 1.29 is 14.6 Å². The third kappa shape index (κ3) is 4.70. The van der Waals surface area contributed by atoms with Gasteiger partial charge in [-0.2, -0.15) is 0 Å². The molecule has 2 saturated heterocycles. The molecule has 132 valence electrons. The van der Waals surface area contributed by atoms with Gasteiger partial charge in [-0.1, -0.05) is 23.7 Å². The molecule has 5 nitrogen and oxygen atoms in total. The Hall–Kier alpha value is -1.14. The van der Waals surface area contributed by atoms with Crippen LogP contribution in [0.15, 0.2) is 24.3 Å². The van der Waals surface area contributed by atoms with E-state index in [1.165, 1.54) is 0 Å². The highest BCUT2D eigenvalue weighted by Gasteiger charge is 2.37. The molecular weight excluding hydrogens is 328 g/mol. The summed E-state index contributed by atoms with van der Waals surface area (Å²) in [6.45, 7) is 2.58. The molecule has 2 aliphatic heterocycles. The second kappa shape index (κ2) is 8.30. The van der Waals surface area contributed by atoms with Crippen LogP contribution in [0.1, 0.15) is 24.8 Å². The molecule has 6 heteroatoms. The number of benzene rings is 1. The maximum Gasteiger partial charge on any atom is 0.220 e. The summed E-state index contributed by atoms with van der Waals surface area (Å²) in [6, 6.07) is 8.22. The quantitative estimate of drug-likeness (QED) is 0.816. The number of halogens is 1. The summed E-state index contributed by atoms with van der Waals surface area (Å²) in [5.74, 6) is 0.0997. The molecule has 0 aromatic heterocycles. The highest BCUT2D eigenvalue weighted by atomic mass is 35.5. The number of carbonyl (C=O) groups is 1. The van der Waals surface area contributed by atoms with Crippen LogP contribution in [0.4, 0.5) is 0 Å². The minimum absolute atomic E-state index is 0.0997. The van der Waals surface area contributed by atoms with Crippen LogP contribution in [0.5, 0.6) is 0 Å². The van der Waals surface area contributed by atoms with E-state index in [9.17, 15) is 4.79 Å². The molecule has 0 spiro atoms. The van der Waals surface area contributed by atoms with Gasteiger partial charge in [-0.25, -0.2) is 0 Å². The summed E-state index contributed by atoms with van der Waals surface area (Å²) >= 11 is 5.87. The van der Waals surface area contributed by atoms with Crippen LogP contribution in [-0.4, -0.2) is 60.4 Å². The number of rotatable bonds is 6. The van der Waals surface area contributed by atoms with Crippen molar-refractivity contribution in [3.05, 3.63) is 34.9 Å². The Bertz CT molecular complexity index is 552. The molecule has 0 aliphatic carbocycles. The normalized spacial score (nSPS) is 27.0. The molecule has 0 unspecified atom stereocenters. The Morgan fingerprint density at radius 3 is 2.88 bits per heavy atom. The SMILES string of the molecule is O=C(CCc1ccc(Cl)cc1)N[C@H]1C[C@H]2CO[C@@H](CCO)CN2C1. The van der Waals surface area contributed by atoms with Gasteiger partial charge in [0.25, 0.3) is 0 Å². The van der Waals surface area contributed by atoms with E-state index >= 15 is 0 Å². The van der Waals surface area contributed by atoms with Crippen LogP contribution < -0.4 is 5.32 Å². The van der Waals surface area contributed by atoms with Gasteiger partial charge in [0, 0.05) is 43.2 Å². The fourth-order valence-electron chi connectivity index (χ4n) is 3.57. The maximum absolute atomic E-state index is 12.2. The molecule has 0 saturated carbocycles. The number of aliphatic hydroxyl groups is 1. The van der Waals surface area contributed by atoms with Crippen LogP contribution in [0.25, 0.3) is 0 Å². The zero-order chi connectivity index (χ0) is 16.9. The number of nitrogens with zero attached hydrogens (tertiary/aromatic N) is 1. The lowest BCUT2D eigenvalue weighted by Crippen LogP contribution is -2.46. The summed E-state index contributed by atoms with van der Waals surface area (Å²) in [7, 11) is 0. The number of amides is 1. The Balaban J connectivity index is 1.42. The number of nitrogens with one attached hydrogen (secondary N) is 1. The number of aryl methyl sites for hydroxylation is 1. The third-order valence-electron chi connectivity index (χ3n) is 4.86. The Labute approximate surface area is 147 Å². The van der Waals surface area contributed by atoms with E-state index in [1.54, 1.807) is 0 Å². The van der Waals surface area contributed by atoms with Crippen molar-refractivity contribution in [2.45, 2.75) is 43.9 Å². The lowest BCUT2D eigenvalue weighted by Gasteiger charge is -2.34. The Morgan fingerprint density at radius 2 is 2.12 bits per heavy atom. The van der Waals surface area contributed by atoms with Crippen LogP contribution in [-0.2, 0) is 16.0 Å². The van der Waals surface area contributed by atoms with E-state index in [2.05, 4.69) is 10.2 Å². The summed E-state index contributed by atoms with van der Waals surface area (Å²) in [6.07, 6.45) is 2.96. The van der Waals surface area contributed by atoms with Gasteiger partial charge in [-0.05, 0) is 37.0 Å². The van der Waals surface area contributed by atoms with Gasteiger partial charge in [0.15, 0.2) is 0 Å². The van der Waals surface area contributed by atoms with Gasteiger partial charge in [-0.15, -0.1) is 0 Å². The summed E-state index contributed by atoms with van der Waals surface area (Å²) < 4.78 is 5.78. The first-order valence-corrected chi connectivity index (χ1v) is 9.02. The number of fused-ring (bicyclic) bond motifs is 1. The van der Waals surface area contributed by atoms with E-state index in [-0.39, 0.29) is 24.7 Å². The topological polar surface area (TPSA) is 61.8 Å². The molecular formula is C18H25ClN2O3. The zero-order valence-corrected chi connectivity index (χ0v) is 14.5. The van der Waals surface area contributed by atoms with Gasteiger partial charge < -0.3 is 15.2 Å². The highest BCUT2D eigenvalue weighted by Crippen LogP contribution is 2.24. The van der Waals surface area contributed by atoms with Crippen molar-refractivity contribution in [2.75, 3.05) is 26.3 Å². The molecule has 2 fully saturated rings. The smallest absolute Gasteiger partial charge is 0.220 e. The number of aliphatic hydroxyl groups excluding tert-OH is 1. The molecule has 0 radical (unpaired) electrons. The van der Waals surface area contributed by atoms with E-state index in [4.69, 9.17) is 21.4 Å². The van der Waals surface area contributed by atoms with Gasteiger partial charge in [-0.3, -0.25) is 9.69 Å². The Morgan fingerprint density at radius 1 is 1.33 bits per heavy atom. The van der Waals surface area contributed by atoms with Gasteiger partial charge in [0.2, 0.25) is 5.91 Å². The lowest BCUT2D eigenvalue weighted by atomic mass is 10.1. The Kier molecular flexibility index (Phi) is 6.11. The van der Waals surface area contributed by atoms with Gasteiger partial charge in [0.1, 0.15) is 0 Å². The van der Waals surface area contributed by atoms with E-state index in [0.717, 1.165) is 31.5 Å². The molecule has 0 bridgehead atoms. The molecule has 2 aliphatic rings. The predicted molar refractivity (Wildman–Crippen MR) is 93.1 cm³/mol. The fraction of sp³-hybridized carbons (Fsp3) is 0.611. The number of carbonyl (C=O) groups excluding carboxylic acids is 1. The van der Waals surface area contributed by atoms with Crippen LogP contribution in [0.2, 0.25) is 5.02 Å². The highest BCUT2D eigenvalue weighted by molar-refractivity contribution is 6.30. The average Bonchev–Trinajstić information content (AvgIpc) is 2.96. The van der Waals surface area contributed by atoms with Crippen molar-refractivity contribution in [3.63, 3.8) is 0 Å². The first kappa shape index (κ1) is 17.7. The van der Waals surface area contributed by atoms with Crippen molar-refractivity contribution in [1.82, 2.24) is 10.2 Å². The predicted octanol–water partition coefficient (Wildman–Crippen LogP) is 1.61. The molecule has 2 N–H and O–H groups in total. The third-order valence-corrected chi connectivity index (χ3v) is 5.11. The molecule has 24 heavy (non-hydrogen) atoms. The monoisotopic (exact) mass is 352 g/mol. The largest absolute Gasteiger partial charge is 0.396 e. The second-order valence-electron chi connectivity index (χ2n) is 6.70. The second-order valence-corrected chi connectivity index (χ2v) is 7.14. The van der Waals surface area contributed by atoms with E-state index < -0.39 is 0 Å². The van der Waals surface area contributed by atoms with Crippen molar-refractivity contribution >= 4 is 17.5 Å². The number of hydrogen-bond donors (Lipinski definition) is 2. The number of ether oxygens (including phenoxy) is 1. The van der Waals surface area contributed by atoms with Crippen LogP contribution in [0, 0.1) is 0 Å². The number of hydrogen-bond acceptors (Lipinski definition) is 4. The summed E-state index contributed by atoms with van der Waals surface area (Å²) in [5.41, 5.74) is 1.12. The van der Waals surface area contributed by atoms with Crippen molar-refractivity contribution in [3.8, 4) is 0 Å². The standard InChI is InChI=1S/C18H25ClN2O3/c19-14-4-1-13(2-5-14)3-6-18(23)20-15-9-16-12-24-17(7-8-22)11-21(16)10-15/h1-2,4-5,15-17,22H,3,6-12H2,(H,20,23)/t15-,16-,17-/m0/s1. The van der Waals surface area contributed by atoms with Crippen molar-refractivity contribution in [2.24, 2.45) is 0 Å². The summed E-state index contributed by atoms with van der Waals surface area (Å²) in [4.78, 5) is 14.6. The molecule has 1 aromatic carbocycles. The molecule has 3 rings (SSSR count). The van der Waals surface area contributed by atoms with Gasteiger partial charge in [0.05, 0.1) is 12.7 Å². The average molecular weight is 353 g/mol. The minimum Gasteiger partial charge on any atom is -0.396 e.